The van der Waals surface area contributed by atoms with Crippen LogP contribution in [-0.2, 0) is 9.53 Å². The van der Waals surface area contributed by atoms with E-state index in [1.165, 1.54) is 18.5 Å². The van der Waals surface area contributed by atoms with E-state index in [9.17, 15) is 9.18 Å². The number of hydrogen-bond donors (Lipinski definition) is 1. The Kier molecular flexibility index (Phi) is 9.71. The van der Waals surface area contributed by atoms with Crippen LogP contribution in [0.4, 0.5) is 15.9 Å². The Morgan fingerprint density at radius 3 is 2.71 bits per heavy atom. The van der Waals surface area contributed by atoms with Gasteiger partial charge in [-0.15, -0.1) is 0 Å². The number of nitrogens with zero attached hydrogens (tertiary/aromatic N) is 5. The van der Waals surface area contributed by atoms with Crippen molar-refractivity contribution >= 4 is 39.9 Å². The van der Waals surface area contributed by atoms with E-state index >= 15 is 0 Å². The van der Waals surface area contributed by atoms with Gasteiger partial charge in [0.05, 0.1) is 42.3 Å². The van der Waals surface area contributed by atoms with Gasteiger partial charge in [-0.3, -0.25) is 9.69 Å². The molecule has 2 aromatic carbocycles. The zero-order valence-corrected chi connectivity index (χ0v) is 24.2. The van der Waals surface area contributed by atoms with E-state index in [0.29, 0.717) is 60.3 Å². The standard InChI is InChI=1S/C29H36ClFN6O4/c1-35(2)27(38)17-37-10-8-36(9-11-37)7-3-12-40-22-15-25-28(26(16-22)41-21-6-13-39-18-21)29(33-19-32-25)34-20-4-5-24(31)23(30)14-20/h4-5,14-16,19,21H,3,6-13,17-18H2,1-2H3,(H,32,33,34). The van der Waals surface area contributed by atoms with Crippen molar-refractivity contribution in [1.29, 1.82) is 0 Å². The molecule has 2 fully saturated rings. The number of hydrogen-bond acceptors (Lipinski definition) is 9. The molecule has 1 amide bonds. The molecule has 10 nitrogen and oxygen atoms in total. The molecule has 1 N–H and O–H groups in total. The fourth-order valence-electron chi connectivity index (χ4n) is 4.88. The summed E-state index contributed by atoms with van der Waals surface area (Å²) in [6.07, 6.45) is 3.03. The largest absolute Gasteiger partial charge is 0.493 e. The number of carbonyl (C=O) groups excluding carboxylic acids is 1. The highest BCUT2D eigenvalue weighted by atomic mass is 35.5. The third-order valence-electron chi connectivity index (χ3n) is 7.25. The highest BCUT2D eigenvalue weighted by Gasteiger charge is 2.22. The number of likely N-dealkylation sites (N-methyl/N-ethyl adjacent to an activating group) is 1. The van der Waals surface area contributed by atoms with Crippen molar-refractivity contribution < 1.29 is 23.4 Å². The first-order valence-corrected chi connectivity index (χ1v) is 14.3. The smallest absolute Gasteiger partial charge is 0.236 e. The summed E-state index contributed by atoms with van der Waals surface area (Å²) in [6.45, 7) is 6.73. The fourth-order valence-corrected chi connectivity index (χ4v) is 5.06. The van der Waals surface area contributed by atoms with E-state index in [1.807, 2.05) is 12.1 Å². The molecule has 3 heterocycles. The maximum atomic E-state index is 13.7. The number of benzene rings is 2. The van der Waals surface area contributed by atoms with Gasteiger partial charge >= 0.3 is 0 Å². The van der Waals surface area contributed by atoms with Crippen LogP contribution in [-0.4, -0.2) is 110 Å². The van der Waals surface area contributed by atoms with E-state index in [-0.39, 0.29) is 17.0 Å². The first-order chi connectivity index (χ1) is 19.9. The second-order valence-corrected chi connectivity index (χ2v) is 10.9. The third kappa shape index (κ3) is 7.73. The summed E-state index contributed by atoms with van der Waals surface area (Å²) in [7, 11) is 3.58. The molecule has 2 aliphatic rings. The van der Waals surface area contributed by atoms with Crippen LogP contribution in [0.3, 0.4) is 0 Å². The minimum absolute atomic E-state index is 0.0185. The minimum Gasteiger partial charge on any atom is -0.493 e. The monoisotopic (exact) mass is 586 g/mol. The number of anilines is 2. The molecule has 0 aliphatic carbocycles. The Bertz CT molecular complexity index is 1350. The summed E-state index contributed by atoms with van der Waals surface area (Å²) in [5.41, 5.74) is 1.25. The summed E-state index contributed by atoms with van der Waals surface area (Å²) in [6, 6.07) is 8.16. The van der Waals surface area contributed by atoms with Gasteiger partial charge in [0, 0.05) is 71.1 Å². The summed E-state index contributed by atoms with van der Waals surface area (Å²) < 4.78 is 31.7. The van der Waals surface area contributed by atoms with Crippen LogP contribution in [0.15, 0.2) is 36.7 Å². The van der Waals surface area contributed by atoms with E-state index in [0.717, 1.165) is 45.6 Å². The zero-order chi connectivity index (χ0) is 28.8. The molecule has 12 heteroatoms. The lowest BCUT2D eigenvalue weighted by Gasteiger charge is -2.34. The number of halogens is 2. The van der Waals surface area contributed by atoms with E-state index in [1.54, 1.807) is 25.1 Å². The number of rotatable bonds is 11. The molecule has 2 saturated heterocycles. The number of nitrogens with one attached hydrogen (secondary N) is 1. The summed E-state index contributed by atoms with van der Waals surface area (Å²) in [4.78, 5) is 27.1. The summed E-state index contributed by atoms with van der Waals surface area (Å²) >= 11 is 5.99. The lowest BCUT2D eigenvalue weighted by Crippen LogP contribution is -2.49. The molecule has 1 aromatic heterocycles. The van der Waals surface area contributed by atoms with Gasteiger partial charge < -0.3 is 29.3 Å². The highest BCUT2D eigenvalue weighted by Crippen LogP contribution is 2.37. The zero-order valence-electron chi connectivity index (χ0n) is 23.4. The quantitative estimate of drug-likeness (QED) is 0.337. The van der Waals surface area contributed by atoms with Crippen molar-refractivity contribution in [3.63, 3.8) is 0 Å². The van der Waals surface area contributed by atoms with Crippen molar-refractivity contribution in [2.75, 3.05) is 78.5 Å². The lowest BCUT2D eigenvalue weighted by atomic mass is 10.2. The van der Waals surface area contributed by atoms with Gasteiger partial charge in [-0.05, 0) is 24.6 Å². The second kappa shape index (κ2) is 13.6. The molecule has 1 atom stereocenters. The van der Waals surface area contributed by atoms with Crippen LogP contribution in [0.1, 0.15) is 12.8 Å². The van der Waals surface area contributed by atoms with Gasteiger partial charge in [0.15, 0.2) is 0 Å². The summed E-state index contributed by atoms with van der Waals surface area (Å²) in [5.74, 6) is 1.42. The Labute approximate surface area is 244 Å². The van der Waals surface area contributed by atoms with Gasteiger partial charge in [0.25, 0.3) is 0 Å². The molecule has 3 aromatic rings. The molecular weight excluding hydrogens is 551 g/mol. The van der Waals surface area contributed by atoms with Crippen molar-refractivity contribution in [1.82, 2.24) is 24.7 Å². The Hall–Kier alpha value is -3.25. The molecule has 0 bridgehead atoms. The molecule has 0 saturated carbocycles. The van der Waals surface area contributed by atoms with Crippen LogP contribution < -0.4 is 14.8 Å². The second-order valence-electron chi connectivity index (χ2n) is 10.5. The van der Waals surface area contributed by atoms with Gasteiger partial charge in [-0.1, -0.05) is 11.6 Å². The van der Waals surface area contributed by atoms with E-state index < -0.39 is 5.82 Å². The molecule has 0 radical (unpaired) electrons. The number of amides is 1. The fraction of sp³-hybridized carbons (Fsp3) is 0.483. The topological polar surface area (TPSA) is 92.3 Å². The molecule has 41 heavy (non-hydrogen) atoms. The van der Waals surface area contributed by atoms with Gasteiger partial charge in [0.1, 0.15) is 35.6 Å². The van der Waals surface area contributed by atoms with Gasteiger partial charge in [-0.2, -0.15) is 0 Å². The SMILES string of the molecule is CN(C)C(=O)CN1CCN(CCCOc2cc(OC3CCOC3)c3c(Nc4ccc(F)c(Cl)c4)ncnc3c2)CC1. The normalized spacial score (nSPS) is 18.0. The predicted octanol–water partition coefficient (Wildman–Crippen LogP) is 3.81. The van der Waals surface area contributed by atoms with Crippen LogP contribution in [0.25, 0.3) is 10.9 Å². The first-order valence-electron chi connectivity index (χ1n) is 13.9. The molecule has 2 aliphatic heterocycles. The van der Waals surface area contributed by atoms with Crippen LogP contribution in [0, 0.1) is 5.82 Å². The Morgan fingerprint density at radius 1 is 1.17 bits per heavy atom. The number of ether oxygens (including phenoxy) is 3. The van der Waals surface area contributed by atoms with Crippen LogP contribution in [0.5, 0.6) is 11.5 Å². The van der Waals surface area contributed by atoms with Crippen LogP contribution >= 0.6 is 11.6 Å². The van der Waals surface area contributed by atoms with E-state index in [2.05, 4.69) is 25.1 Å². The highest BCUT2D eigenvalue weighted by molar-refractivity contribution is 6.31. The van der Waals surface area contributed by atoms with Crippen LogP contribution in [0.2, 0.25) is 5.02 Å². The molecule has 220 valence electrons. The average Bonchev–Trinajstić information content (AvgIpc) is 3.47. The first kappa shape index (κ1) is 29.2. The predicted molar refractivity (Wildman–Crippen MR) is 156 cm³/mol. The lowest BCUT2D eigenvalue weighted by molar-refractivity contribution is -0.130. The van der Waals surface area contributed by atoms with Crippen molar-refractivity contribution in [3.8, 4) is 11.5 Å². The molecule has 0 spiro atoms. The van der Waals surface area contributed by atoms with Gasteiger partial charge in [0.2, 0.25) is 5.91 Å². The van der Waals surface area contributed by atoms with E-state index in [4.69, 9.17) is 25.8 Å². The number of piperazine rings is 1. The van der Waals surface area contributed by atoms with Crippen molar-refractivity contribution in [2.45, 2.75) is 18.9 Å². The average molecular weight is 587 g/mol. The minimum atomic E-state index is -0.490. The summed E-state index contributed by atoms with van der Waals surface area (Å²) in [5, 5.41) is 3.93. The molecule has 1 unspecified atom stereocenters. The van der Waals surface area contributed by atoms with Gasteiger partial charge in [-0.25, -0.2) is 14.4 Å². The van der Waals surface area contributed by atoms with Crippen molar-refractivity contribution in [2.24, 2.45) is 0 Å². The maximum absolute atomic E-state index is 13.7. The molecule has 5 rings (SSSR count). The third-order valence-corrected chi connectivity index (χ3v) is 7.54. The van der Waals surface area contributed by atoms with Crippen molar-refractivity contribution in [3.05, 3.63) is 47.5 Å². The number of aromatic nitrogens is 2. The maximum Gasteiger partial charge on any atom is 0.236 e. The number of carbonyl (C=O) groups is 1. The Morgan fingerprint density at radius 2 is 1.98 bits per heavy atom. The number of fused-ring (bicyclic) bond motifs is 1. The Balaban J connectivity index is 1.23. The molecular formula is C29H36ClFN6O4.